The van der Waals surface area contributed by atoms with Crippen LogP contribution in [0.4, 0.5) is 0 Å². The van der Waals surface area contributed by atoms with Gasteiger partial charge in [-0.15, -0.1) is 5.10 Å². The number of carbonyl (C=O) groups excluding carboxylic acids is 1. The number of amides is 1. The molecule has 1 aliphatic heterocycles. The zero-order valence-corrected chi connectivity index (χ0v) is 13.2. The van der Waals surface area contributed by atoms with Gasteiger partial charge in [-0.1, -0.05) is 0 Å². The van der Waals surface area contributed by atoms with E-state index in [0.29, 0.717) is 0 Å². The molecule has 1 atom stereocenters. The van der Waals surface area contributed by atoms with Crippen molar-refractivity contribution in [2.24, 2.45) is 0 Å². The molecule has 23 heavy (non-hydrogen) atoms. The lowest BCUT2D eigenvalue weighted by molar-refractivity contribution is -0.133. The summed E-state index contributed by atoms with van der Waals surface area (Å²) in [7, 11) is 3.24. The summed E-state index contributed by atoms with van der Waals surface area (Å²) in [6, 6.07) is 5.70. The van der Waals surface area contributed by atoms with Crippen LogP contribution in [-0.2, 0) is 11.3 Å². The van der Waals surface area contributed by atoms with Crippen LogP contribution in [0.3, 0.4) is 0 Å². The molecule has 3 rings (SSSR count). The number of hydrogen-bond acceptors (Lipinski definition) is 6. The molecule has 1 amide bonds. The summed E-state index contributed by atoms with van der Waals surface area (Å²) < 4.78 is 12.1. The lowest BCUT2D eigenvalue weighted by Crippen LogP contribution is -2.33. The van der Waals surface area contributed by atoms with Crippen molar-refractivity contribution in [3.8, 4) is 11.5 Å². The van der Waals surface area contributed by atoms with E-state index in [1.165, 1.54) is 11.0 Å². The SMILES string of the molecule is COc1ccc([C@H]2CCCN2C(=O)Cn2cnnn2)c(OC)c1. The van der Waals surface area contributed by atoms with Gasteiger partial charge in [-0.3, -0.25) is 4.79 Å². The minimum atomic E-state index is -0.00216. The molecule has 2 aromatic rings. The third kappa shape index (κ3) is 3.10. The van der Waals surface area contributed by atoms with E-state index in [1.807, 2.05) is 23.1 Å². The lowest BCUT2D eigenvalue weighted by Gasteiger charge is -2.26. The van der Waals surface area contributed by atoms with Crippen molar-refractivity contribution in [2.45, 2.75) is 25.4 Å². The van der Waals surface area contributed by atoms with Gasteiger partial charge in [0, 0.05) is 18.2 Å². The first-order valence-electron chi connectivity index (χ1n) is 7.45. The van der Waals surface area contributed by atoms with Gasteiger partial charge in [-0.05, 0) is 35.4 Å². The molecule has 1 aromatic heterocycles. The van der Waals surface area contributed by atoms with E-state index in [2.05, 4.69) is 15.5 Å². The fourth-order valence-electron chi connectivity index (χ4n) is 2.96. The second-order valence-corrected chi connectivity index (χ2v) is 5.36. The van der Waals surface area contributed by atoms with Crippen LogP contribution in [0.2, 0.25) is 0 Å². The second-order valence-electron chi connectivity index (χ2n) is 5.36. The molecule has 0 radical (unpaired) electrons. The number of methoxy groups -OCH3 is 2. The van der Waals surface area contributed by atoms with Crippen molar-refractivity contribution in [1.82, 2.24) is 25.1 Å². The molecule has 0 saturated carbocycles. The molecule has 0 bridgehead atoms. The summed E-state index contributed by atoms with van der Waals surface area (Å²) in [6.07, 6.45) is 3.31. The molecule has 122 valence electrons. The van der Waals surface area contributed by atoms with Crippen molar-refractivity contribution in [2.75, 3.05) is 20.8 Å². The van der Waals surface area contributed by atoms with Gasteiger partial charge in [0.1, 0.15) is 24.4 Å². The number of aromatic nitrogens is 4. The second kappa shape index (κ2) is 6.64. The van der Waals surface area contributed by atoms with Gasteiger partial charge < -0.3 is 14.4 Å². The maximum Gasteiger partial charge on any atom is 0.244 e. The minimum Gasteiger partial charge on any atom is -0.497 e. The molecular weight excluding hydrogens is 298 g/mol. The largest absolute Gasteiger partial charge is 0.497 e. The van der Waals surface area contributed by atoms with Gasteiger partial charge in [0.05, 0.1) is 20.3 Å². The van der Waals surface area contributed by atoms with Gasteiger partial charge in [0.15, 0.2) is 0 Å². The van der Waals surface area contributed by atoms with Crippen LogP contribution in [0.1, 0.15) is 24.4 Å². The molecule has 1 aromatic carbocycles. The van der Waals surface area contributed by atoms with Crippen molar-refractivity contribution in [3.05, 3.63) is 30.1 Å². The highest BCUT2D eigenvalue weighted by molar-refractivity contribution is 5.77. The number of tetrazole rings is 1. The molecule has 1 fully saturated rings. The summed E-state index contributed by atoms with van der Waals surface area (Å²) in [4.78, 5) is 14.4. The summed E-state index contributed by atoms with van der Waals surface area (Å²) >= 11 is 0. The van der Waals surface area contributed by atoms with E-state index in [0.717, 1.165) is 36.4 Å². The Morgan fingerprint density at radius 1 is 1.35 bits per heavy atom. The van der Waals surface area contributed by atoms with E-state index in [1.54, 1.807) is 14.2 Å². The number of hydrogen-bond donors (Lipinski definition) is 0. The molecule has 0 spiro atoms. The van der Waals surface area contributed by atoms with Gasteiger partial charge in [-0.2, -0.15) is 0 Å². The average molecular weight is 317 g/mol. The number of nitrogens with zero attached hydrogens (tertiary/aromatic N) is 5. The van der Waals surface area contributed by atoms with E-state index in [9.17, 15) is 4.79 Å². The highest BCUT2D eigenvalue weighted by Crippen LogP contribution is 2.38. The van der Waals surface area contributed by atoms with E-state index >= 15 is 0 Å². The number of likely N-dealkylation sites (tertiary alicyclic amines) is 1. The van der Waals surface area contributed by atoms with Crippen molar-refractivity contribution in [3.63, 3.8) is 0 Å². The zero-order valence-electron chi connectivity index (χ0n) is 13.2. The molecule has 1 aliphatic rings. The monoisotopic (exact) mass is 317 g/mol. The highest BCUT2D eigenvalue weighted by atomic mass is 16.5. The zero-order chi connectivity index (χ0) is 16.2. The maximum atomic E-state index is 12.6. The summed E-state index contributed by atoms with van der Waals surface area (Å²) in [5.74, 6) is 1.46. The Kier molecular flexibility index (Phi) is 4.40. The first-order chi connectivity index (χ1) is 11.2. The normalized spacial score (nSPS) is 17.3. The molecule has 0 N–H and O–H groups in total. The Morgan fingerprint density at radius 3 is 2.91 bits per heavy atom. The molecule has 1 saturated heterocycles. The van der Waals surface area contributed by atoms with Crippen LogP contribution in [0.25, 0.3) is 0 Å². The van der Waals surface area contributed by atoms with Crippen LogP contribution < -0.4 is 9.47 Å². The predicted molar refractivity (Wildman–Crippen MR) is 81.1 cm³/mol. The van der Waals surface area contributed by atoms with Crippen molar-refractivity contribution >= 4 is 5.91 Å². The van der Waals surface area contributed by atoms with Gasteiger partial charge in [0.2, 0.25) is 5.91 Å². The Hall–Kier alpha value is -2.64. The number of benzene rings is 1. The fraction of sp³-hybridized carbons (Fsp3) is 0.467. The molecule has 2 heterocycles. The van der Waals surface area contributed by atoms with Crippen LogP contribution in [0.5, 0.6) is 11.5 Å². The van der Waals surface area contributed by atoms with Gasteiger partial charge >= 0.3 is 0 Å². The highest BCUT2D eigenvalue weighted by Gasteiger charge is 2.32. The first kappa shape index (κ1) is 15.3. The molecule has 0 aliphatic carbocycles. The summed E-state index contributed by atoms with van der Waals surface area (Å²) in [6.45, 7) is 0.864. The lowest BCUT2D eigenvalue weighted by atomic mass is 10.0. The van der Waals surface area contributed by atoms with Gasteiger partial charge in [0.25, 0.3) is 0 Å². The number of ether oxygens (including phenoxy) is 2. The van der Waals surface area contributed by atoms with E-state index < -0.39 is 0 Å². The van der Waals surface area contributed by atoms with E-state index in [4.69, 9.17) is 9.47 Å². The third-order valence-electron chi connectivity index (χ3n) is 4.06. The minimum absolute atomic E-state index is 0.000151. The first-order valence-corrected chi connectivity index (χ1v) is 7.45. The quantitative estimate of drug-likeness (QED) is 0.820. The topological polar surface area (TPSA) is 82.4 Å². The Morgan fingerprint density at radius 2 is 2.22 bits per heavy atom. The Balaban J connectivity index is 1.82. The van der Waals surface area contributed by atoms with Crippen LogP contribution in [0, 0.1) is 0 Å². The van der Waals surface area contributed by atoms with Crippen molar-refractivity contribution in [1.29, 1.82) is 0 Å². The van der Waals surface area contributed by atoms with E-state index in [-0.39, 0.29) is 18.5 Å². The van der Waals surface area contributed by atoms with Crippen LogP contribution in [0.15, 0.2) is 24.5 Å². The third-order valence-corrected chi connectivity index (χ3v) is 4.06. The molecule has 8 heteroatoms. The fourth-order valence-corrected chi connectivity index (χ4v) is 2.96. The summed E-state index contributed by atoms with van der Waals surface area (Å²) in [5.41, 5.74) is 0.996. The Bertz CT molecular complexity index is 674. The summed E-state index contributed by atoms with van der Waals surface area (Å²) in [5, 5.41) is 10.9. The molecular formula is C15H19N5O3. The average Bonchev–Trinajstić information content (AvgIpc) is 3.25. The predicted octanol–water partition coefficient (Wildman–Crippen LogP) is 1.05. The van der Waals surface area contributed by atoms with Crippen LogP contribution in [-0.4, -0.2) is 51.8 Å². The Labute approximate surface area is 134 Å². The molecule has 0 unspecified atom stereocenters. The number of carbonyl (C=O) groups is 1. The maximum absolute atomic E-state index is 12.6. The smallest absolute Gasteiger partial charge is 0.244 e. The van der Waals surface area contributed by atoms with Crippen molar-refractivity contribution < 1.29 is 14.3 Å². The van der Waals surface area contributed by atoms with Gasteiger partial charge in [-0.25, -0.2) is 4.68 Å². The standard InChI is InChI=1S/C15H19N5O3/c1-22-11-5-6-12(14(8-11)23-2)13-4-3-7-20(13)15(21)9-19-10-16-17-18-19/h5-6,8,10,13H,3-4,7,9H2,1-2H3/t13-/m1/s1. The number of rotatable bonds is 5. The molecule has 8 nitrogen and oxygen atoms in total. The van der Waals surface area contributed by atoms with Crippen LogP contribution >= 0.6 is 0 Å².